The number of hydrogen-bond donors (Lipinski definition) is 3. The van der Waals surface area contributed by atoms with Crippen molar-refractivity contribution < 1.29 is 19.4 Å². The third-order valence-corrected chi connectivity index (χ3v) is 4.36. The van der Waals surface area contributed by atoms with Crippen molar-refractivity contribution in [2.24, 2.45) is 5.41 Å². The second-order valence-electron chi connectivity index (χ2n) is 5.74. The number of carboxylic acids is 1. The minimum Gasteiger partial charge on any atom is -0.481 e. The van der Waals surface area contributed by atoms with Crippen LogP contribution in [0.5, 0.6) is 0 Å². The van der Waals surface area contributed by atoms with Crippen LogP contribution in [0.4, 0.5) is 0 Å². The van der Waals surface area contributed by atoms with Gasteiger partial charge < -0.3 is 20.5 Å². The van der Waals surface area contributed by atoms with Gasteiger partial charge in [-0.15, -0.1) is 0 Å². The minimum atomic E-state index is -0.872. The number of aliphatic carboxylic acids is 1. The van der Waals surface area contributed by atoms with E-state index in [1.807, 2.05) is 6.92 Å². The smallest absolute Gasteiger partial charge is 0.311 e. The van der Waals surface area contributed by atoms with Crippen molar-refractivity contribution in [3.63, 3.8) is 0 Å². The molecule has 2 fully saturated rings. The molecular weight excluding hydrogens is 248 g/mol. The molecule has 0 aromatic heterocycles. The Morgan fingerprint density at radius 1 is 1.32 bits per heavy atom. The predicted octanol–water partition coefficient (Wildman–Crippen LogP) is 0.126. The summed E-state index contributed by atoms with van der Waals surface area (Å²) < 4.78 is 5.21. The first-order valence-corrected chi connectivity index (χ1v) is 6.83. The molecule has 2 aliphatic rings. The summed E-state index contributed by atoms with van der Waals surface area (Å²) in [7, 11) is 0. The topological polar surface area (TPSA) is 87.7 Å². The Morgan fingerprint density at radius 3 is 2.53 bits per heavy atom. The number of ether oxygens (including phenoxy) is 1. The van der Waals surface area contributed by atoms with Crippen LogP contribution < -0.4 is 10.6 Å². The van der Waals surface area contributed by atoms with Crippen LogP contribution in [0, 0.1) is 5.41 Å². The summed E-state index contributed by atoms with van der Waals surface area (Å²) in [5.41, 5.74) is -1.42. The van der Waals surface area contributed by atoms with Crippen LogP contribution in [-0.4, -0.2) is 48.8 Å². The van der Waals surface area contributed by atoms with Gasteiger partial charge in [0.25, 0.3) is 0 Å². The van der Waals surface area contributed by atoms with E-state index in [2.05, 4.69) is 10.6 Å². The predicted molar refractivity (Wildman–Crippen MR) is 68.8 cm³/mol. The zero-order valence-corrected chi connectivity index (χ0v) is 11.3. The van der Waals surface area contributed by atoms with E-state index in [9.17, 15) is 14.7 Å². The van der Waals surface area contributed by atoms with Gasteiger partial charge in [0, 0.05) is 19.8 Å². The number of carbonyl (C=O) groups is 2. The second kappa shape index (κ2) is 5.46. The van der Waals surface area contributed by atoms with E-state index >= 15 is 0 Å². The fraction of sp³-hybridized carbons (Fsp3) is 0.846. The lowest BCUT2D eigenvalue weighted by atomic mass is 9.80. The van der Waals surface area contributed by atoms with Gasteiger partial charge in [0.15, 0.2) is 0 Å². The Labute approximate surface area is 112 Å². The van der Waals surface area contributed by atoms with Crippen LogP contribution in [0.25, 0.3) is 0 Å². The lowest BCUT2D eigenvalue weighted by molar-refractivity contribution is -0.154. The van der Waals surface area contributed by atoms with Crippen LogP contribution >= 0.6 is 0 Å². The number of carbonyl (C=O) groups excluding carboxylic acids is 1. The van der Waals surface area contributed by atoms with Crippen molar-refractivity contribution in [1.29, 1.82) is 0 Å². The Hall–Kier alpha value is -1.14. The standard InChI is InChI=1S/C13H22N2O4/c1-12(3-2-6-15-12)10(16)14-9-13(11(17)18)4-7-19-8-5-13/h15H,2-9H2,1H3,(H,14,16)(H,17,18). The SMILES string of the molecule is CC1(C(=O)NCC2(C(=O)O)CCOCC2)CCCN1. The summed E-state index contributed by atoms with van der Waals surface area (Å²) in [6.07, 6.45) is 2.67. The van der Waals surface area contributed by atoms with Gasteiger partial charge in [-0.25, -0.2) is 0 Å². The molecule has 6 nitrogen and oxygen atoms in total. The van der Waals surface area contributed by atoms with Crippen molar-refractivity contribution in [2.75, 3.05) is 26.3 Å². The molecule has 2 aliphatic heterocycles. The first-order valence-electron chi connectivity index (χ1n) is 6.83. The highest BCUT2D eigenvalue weighted by atomic mass is 16.5. The molecule has 108 valence electrons. The lowest BCUT2D eigenvalue weighted by Crippen LogP contribution is -2.55. The van der Waals surface area contributed by atoms with Crippen molar-refractivity contribution in [1.82, 2.24) is 10.6 Å². The Balaban J connectivity index is 1.95. The van der Waals surface area contributed by atoms with Gasteiger partial charge >= 0.3 is 5.97 Å². The number of rotatable bonds is 4. The number of carboxylic acid groups (broad SMARTS) is 1. The quantitative estimate of drug-likeness (QED) is 0.675. The molecule has 2 heterocycles. The van der Waals surface area contributed by atoms with E-state index in [4.69, 9.17) is 4.74 Å². The van der Waals surface area contributed by atoms with Crippen LogP contribution in [0.15, 0.2) is 0 Å². The average Bonchev–Trinajstić information content (AvgIpc) is 2.85. The molecule has 1 unspecified atom stereocenters. The van der Waals surface area contributed by atoms with E-state index in [1.54, 1.807) is 0 Å². The Kier molecular flexibility index (Phi) is 4.10. The third-order valence-electron chi connectivity index (χ3n) is 4.36. The van der Waals surface area contributed by atoms with E-state index in [1.165, 1.54) is 0 Å². The van der Waals surface area contributed by atoms with Crippen LogP contribution in [0.1, 0.15) is 32.6 Å². The Bertz CT molecular complexity index is 358. The third kappa shape index (κ3) is 2.90. The molecule has 19 heavy (non-hydrogen) atoms. The minimum absolute atomic E-state index is 0.0999. The lowest BCUT2D eigenvalue weighted by Gasteiger charge is -2.34. The molecule has 0 spiro atoms. The van der Waals surface area contributed by atoms with E-state index in [0.29, 0.717) is 26.1 Å². The first-order chi connectivity index (χ1) is 8.99. The van der Waals surface area contributed by atoms with Gasteiger partial charge in [-0.3, -0.25) is 9.59 Å². The van der Waals surface area contributed by atoms with E-state index in [0.717, 1.165) is 19.4 Å². The van der Waals surface area contributed by atoms with Crippen molar-refractivity contribution in [3.05, 3.63) is 0 Å². The highest BCUT2D eigenvalue weighted by molar-refractivity contribution is 5.87. The average molecular weight is 270 g/mol. The fourth-order valence-corrected chi connectivity index (χ4v) is 2.76. The summed E-state index contributed by atoms with van der Waals surface area (Å²) in [6.45, 7) is 3.77. The van der Waals surface area contributed by atoms with Gasteiger partial charge in [-0.1, -0.05) is 0 Å². The van der Waals surface area contributed by atoms with Crippen LogP contribution in [-0.2, 0) is 14.3 Å². The molecule has 0 radical (unpaired) electrons. The van der Waals surface area contributed by atoms with Crippen molar-refractivity contribution in [3.8, 4) is 0 Å². The zero-order chi connectivity index (χ0) is 13.9. The molecule has 2 rings (SSSR count). The van der Waals surface area contributed by atoms with Gasteiger partial charge in [0.2, 0.25) is 5.91 Å². The van der Waals surface area contributed by atoms with Crippen molar-refractivity contribution in [2.45, 2.75) is 38.1 Å². The summed E-state index contributed by atoms with van der Waals surface area (Å²) in [4.78, 5) is 23.6. The summed E-state index contributed by atoms with van der Waals surface area (Å²) >= 11 is 0. The van der Waals surface area contributed by atoms with Crippen LogP contribution in [0.2, 0.25) is 0 Å². The highest BCUT2D eigenvalue weighted by Gasteiger charge is 2.42. The van der Waals surface area contributed by atoms with Gasteiger partial charge in [0.1, 0.15) is 0 Å². The maximum Gasteiger partial charge on any atom is 0.311 e. The molecule has 0 aromatic carbocycles. The molecule has 1 atom stereocenters. The Morgan fingerprint density at radius 2 is 2.00 bits per heavy atom. The van der Waals surface area contributed by atoms with E-state index < -0.39 is 16.9 Å². The van der Waals surface area contributed by atoms with E-state index in [-0.39, 0.29) is 12.5 Å². The molecule has 0 aliphatic carbocycles. The maximum absolute atomic E-state index is 12.2. The number of amides is 1. The summed E-state index contributed by atoms with van der Waals surface area (Å²) in [5, 5.41) is 15.4. The van der Waals surface area contributed by atoms with Crippen LogP contribution in [0.3, 0.4) is 0 Å². The first kappa shape index (κ1) is 14.3. The largest absolute Gasteiger partial charge is 0.481 e. The summed E-state index contributed by atoms with van der Waals surface area (Å²) in [5.74, 6) is -0.947. The van der Waals surface area contributed by atoms with Gasteiger partial charge in [0.05, 0.1) is 11.0 Å². The number of nitrogens with one attached hydrogen (secondary N) is 2. The zero-order valence-electron chi connectivity index (χ0n) is 11.3. The monoisotopic (exact) mass is 270 g/mol. The maximum atomic E-state index is 12.2. The molecule has 3 N–H and O–H groups in total. The molecule has 1 amide bonds. The van der Waals surface area contributed by atoms with Gasteiger partial charge in [-0.2, -0.15) is 0 Å². The van der Waals surface area contributed by atoms with Crippen molar-refractivity contribution >= 4 is 11.9 Å². The number of hydrogen-bond acceptors (Lipinski definition) is 4. The molecule has 0 saturated carbocycles. The molecule has 0 bridgehead atoms. The molecule has 2 saturated heterocycles. The normalized spacial score (nSPS) is 29.9. The second-order valence-corrected chi connectivity index (χ2v) is 5.74. The molecular formula is C13H22N2O4. The fourth-order valence-electron chi connectivity index (χ4n) is 2.76. The molecule has 6 heteroatoms. The molecule has 0 aromatic rings. The summed E-state index contributed by atoms with van der Waals surface area (Å²) in [6, 6.07) is 0. The highest BCUT2D eigenvalue weighted by Crippen LogP contribution is 2.30. The van der Waals surface area contributed by atoms with Gasteiger partial charge in [-0.05, 0) is 39.2 Å².